The lowest BCUT2D eigenvalue weighted by molar-refractivity contribution is 0.239. The van der Waals surface area contributed by atoms with Crippen LogP contribution >= 0.6 is 0 Å². The van der Waals surface area contributed by atoms with Gasteiger partial charge in [-0.25, -0.2) is 13.4 Å². The van der Waals surface area contributed by atoms with Crippen LogP contribution in [0.1, 0.15) is 18.4 Å². The van der Waals surface area contributed by atoms with Crippen LogP contribution in [0.15, 0.2) is 41.8 Å². The molecule has 0 aliphatic carbocycles. The van der Waals surface area contributed by atoms with Gasteiger partial charge in [0.25, 0.3) is 0 Å². The van der Waals surface area contributed by atoms with Crippen LogP contribution in [-0.4, -0.2) is 40.6 Å². The molecule has 2 aromatic rings. The van der Waals surface area contributed by atoms with Crippen LogP contribution in [-0.2, 0) is 16.6 Å². The van der Waals surface area contributed by atoms with Crippen molar-refractivity contribution in [3.05, 3.63) is 42.5 Å². The van der Waals surface area contributed by atoms with Gasteiger partial charge in [0.15, 0.2) is 0 Å². The SMILES string of the molecule is N#Cc1ccc(S(=O)(=O)N2CCC[C@@H](Cn3cncn3)C2)cc1. The molecule has 0 amide bonds. The first-order valence-electron chi connectivity index (χ1n) is 7.42. The molecule has 23 heavy (non-hydrogen) atoms. The van der Waals surface area contributed by atoms with Gasteiger partial charge < -0.3 is 0 Å². The van der Waals surface area contributed by atoms with Crippen molar-refractivity contribution in [2.75, 3.05) is 13.1 Å². The number of aromatic nitrogens is 3. The van der Waals surface area contributed by atoms with Gasteiger partial charge in [0.2, 0.25) is 10.0 Å². The van der Waals surface area contributed by atoms with Gasteiger partial charge in [0, 0.05) is 19.6 Å². The first kappa shape index (κ1) is 15.6. The lowest BCUT2D eigenvalue weighted by atomic mass is 10.00. The highest BCUT2D eigenvalue weighted by atomic mass is 32.2. The standard InChI is InChI=1S/C15H17N5O2S/c16-8-13-3-5-15(6-4-13)23(21,22)20-7-1-2-14(10-20)9-19-12-17-11-18-19/h3-6,11-12,14H,1-2,7,9-10H2/t14-/m0/s1. The van der Waals surface area contributed by atoms with Crippen LogP contribution in [0, 0.1) is 17.2 Å². The summed E-state index contributed by atoms with van der Waals surface area (Å²) < 4.78 is 28.8. The van der Waals surface area contributed by atoms with Crippen molar-refractivity contribution < 1.29 is 8.42 Å². The fourth-order valence-electron chi connectivity index (χ4n) is 2.84. The molecule has 2 heterocycles. The molecule has 3 rings (SSSR count). The summed E-state index contributed by atoms with van der Waals surface area (Å²) in [7, 11) is -3.52. The summed E-state index contributed by atoms with van der Waals surface area (Å²) in [6, 6.07) is 8.05. The lowest BCUT2D eigenvalue weighted by Gasteiger charge is -2.31. The minimum atomic E-state index is -3.52. The highest BCUT2D eigenvalue weighted by molar-refractivity contribution is 7.89. The van der Waals surface area contributed by atoms with Crippen molar-refractivity contribution in [2.45, 2.75) is 24.3 Å². The molecule has 0 bridgehead atoms. The van der Waals surface area contributed by atoms with E-state index in [0.29, 0.717) is 25.2 Å². The molecule has 1 atom stereocenters. The number of nitriles is 1. The maximum Gasteiger partial charge on any atom is 0.243 e. The van der Waals surface area contributed by atoms with E-state index in [1.165, 1.54) is 34.9 Å². The zero-order valence-electron chi connectivity index (χ0n) is 12.5. The van der Waals surface area contributed by atoms with Crippen molar-refractivity contribution in [2.24, 2.45) is 5.92 Å². The van der Waals surface area contributed by atoms with E-state index in [4.69, 9.17) is 5.26 Å². The van der Waals surface area contributed by atoms with Gasteiger partial charge in [0.05, 0.1) is 16.5 Å². The molecule has 0 unspecified atom stereocenters. The monoisotopic (exact) mass is 331 g/mol. The molecular formula is C15H17N5O2S. The van der Waals surface area contributed by atoms with Gasteiger partial charge in [-0.1, -0.05) is 0 Å². The molecule has 1 saturated heterocycles. The number of nitrogens with zero attached hydrogens (tertiary/aromatic N) is 5. The fourth-order valence-corrected chi connectivity index (χ4v) is 4.39. The summed E-state index contributed by atoms with van der Waals surface area (Å²) >= 11 is 0. The molecule has 1 fully saturated rings. The van der Waals surface area contributed by atoms with Crippen LogP contribution in [0.25, 0.3) is 0 Å². The largest absolute Gasteiger partial charge is 0.253 e. The summed E-state index contributed by atoms with van der Waals surface area (Å²) in [6.07, 6.45) is 4.93. The van der Waals surface area contributed by atoms with E-state index in [9.17, 15) is 8.42 Å². The third-order valence-corrected chi connectivity index (χ3v) is 5.89. The maximum absolute atomic E-state index is 12.7. The molecule has 1 aromatic heterocycles. The number of sulfonamides is 1. The van der Waals surface area contributed by atoms with Gasteiger partial charge in [-0.3, -0.25) is 4.68 Å². The third-order valence-electron chi connectivity index (χ3n) is 4.01. The van der Waals surface area contributed by atoms with Crippen LogP contribution in [0.3, 0.4) is 0 Å². The average molecular weight is 331 g/mol. The van der Waals surface area contributed by atoms with Crippen molar-refractivity contribution in [1.29, 1.82) is 5.26 Å². The van der Waals surface area contributed by atoms with Gasteiger partial charge in [0.1, 0.15) is 12.7 Å². The second-order valence-corrected chi connectivity index (χ2v) is 7.56. The number of piperidine rings is 1. The van der Waals surface area contributed by atoms with Gasteiger partial charge >= 0.3 is 0 Å². The quantitative estimate of drug-likeness (QED) is 0.841. The lowest BCUT2D eigenvalue weighted by Crippen LogP contribution is -2.41. The zero-order valence-corrected chi connectivity index (χ0v) is 13.4. The van der Waals surface area contributed by atoms with E-state index in [0.717, 1.165) is 12.8 Å². The highest BCUT2D eigenvalue weighted by Crippen LogP contribution is 2.24. The molecule has 1 aliphatic heterocycles. The number of hydrogen-bond acceptors (Lipinski definition) is 5. The first-order valence-corrected chi connectivity index (χ1v) is 8.86. The predicted molar refractivity (Wildman–Crippen MR) is 82.7 cm³/mol. The van der Waals surface area contributed by atoms with Crippen molar-refractivity contribution in [1.82, 2.24) is 19.1 Å². The van der Waals surface area contributed by atoms with Gasteiger partial charge in [-0.05, 0) is 43.0 Å². The summed E-state index contributed by atoms with van der Waals surface area (Å²) in [6.45, 7) is 1.66. The first-order chi connectivity index (χ1) is 11.1. The smallest absolute Gasteiger partial charge is 0.243 e. The Bertz CT molecular complexity index is 793. The van der Waals surface area contributed by atoms with E-state index >= 15 is 0 Å². The van der Waals surface area contributed by atoms with Crippen molar-refractivity contribution in [3.8, 4) is 6.07 Å². The Hall–Kier alpha value is -2.24. The molecule has 0 saturated carbocycles. The Balaban J connectivity index is 1.75. The van der Waals surface area contributed by atoms with Gasteiger partial charge in [-0.2, -0.15) is 14.7 Å². The Kier molecular flexibility index (Phi) is 4.41. The van der Waals surface area contributed by atoms with E-state index in [2.05, 4.69) is 10.1 Å². The summed E-state index contributed by atoms with van der Waals surface area (Å²) in [5.41, 5.74) is 0.451. The Morgan fingerprint density at radius 1 is 1.30 bits per heavy atom. The number of benzene rings is 1. The summed E-state index contributed by atoms with van der Waals surface area (Å²) in [4.78, 5) is 4.15. The summed E-state index contributed by atoms with van der Waals surface area (Å²) in [5, 5.41) is 12.9. The maximum atomic E-state index is 12.7. The van der Waals surface area contributed by atoms with E-state index in [1.54, 1.807) is 11.0 Å². The molecule has 7 nitrogen and oxygen atoms in total. The van der Waals surface area contributed by atoms with E-state index in [1.807, 2.05) is 6.07 Å². The van der Waals surface area contributed by atoms with Crippen molar-refractivity contribution >= 4 is 10.0 Å². The minimum Gasteiger partial charge on any atom is -0.253 e. The van der Waals surface area contributed by atoms with Crippen LogP contribution in [0.4, 0.5) is 0 Å². The van der Waals surface area contributed by atoms with E-state index < -0.39 is 10.0 Å². The molecule has 0 spiro atoms. The number of rotatable bonds is 4. The summed E-state index contributed by atoms with van der Waals surface area (Å²) in [5.74, 6) is 0.221. The Morgan fingerprint density at radius 2 is 2.09 bits per heavy atom. The zero-order chi connectivity index (χ0) is 16.3. The molecule has 120 valence electrons. The molecule has 1 aromatic carbocycles. The van der Waals surface area contributed by atoms with Crippen molar-refractivity contribution in [3.63, 3.8) is 0 Å². The predicted octanol–water partition coefficient (Wildman–Crippen LogP) is 1.25. The molecule has 0 radical (unpaired) electrons. The minimum absolute atomic E-state index is 0.221. The molecule has 1 aliphatic rings. The van der Waals surface area contributed by atoms with E-state index in [-0.39, 0.29) is 10.8 Å². The van der Waals surface area contributed by atoms with Gasteiger partial charge in [-0.15, -0.1) is 0 Å². The second kappa shape index (κ2) is 6.48. The molecular weight excluding hydrogens is 314 g/mol. The topological polar surface area (TPSA) is 91.9 Å². The molecule has 0 N–H and O–H groups in total. The average Bonchev–Trinajstić information content (AvgIpc) is 3.08. The fraction of sp³-hybridized carbons (Fsp3) is 0.400. The molecule has 8 heteroatoms. The van der Waals surface area contributed by atoms with Crippen LogP contribution in [0.2, 0.25) is 0 Å². The Morgan fingerprint density at radius 3 is 2.74 bits per heavy atom. The second-order valence-electron chi connectivity index (χ2n) is 5.63. The third kappa shape index (κ3) is 3.41. The van der Waals surface area contributed by atoms with Crippen LogP contribution in [0.5, 0.6) is 0 Å². The highest BCUT2D eigenvalue weighted by Gasteiger charge is 2.30. The Labute approximate surface area is 135 Å². The number of hydrogen-bond donors (Lipinski definition) is 0. The normalized spacial score (nSPS) is 19.3. The van der Waals surface area contributed by atoms with Crippen LogP contribution < -0.4 is 0 Å².